The first-order valence-electron chi connectivity index (χ1n) is 5.20. The summed E-state index contributed by atoms with van der Waals surface area (Å²) in [5.74, 6) is 0. The Morgan fingerprint density at radius 3 is 2.86 bits per heavy atom. The van der Waals surface area contributed by atoms with E-state index in [2.05, 4.69) is 24.4 Å². The predicted molar refractivity (Wildman–Crippen MR) is 59.7 cm³/mol. The van der Waals surface area contributed by atoms with Gasteiger partial charge in [0.1, 0.15) is 0 Å². The van der Waals surface area contributed by atoms with E-state index < -0.39 is 0 Å². The highest BCUT2D eigenvalue weighted by Gasteiger charge is 2.33. The Bertz CT molecular complexity index is 302. The topological polar surface area (TPSA) is 32.3 Å². The van der Waals surface area contributed by atoms with Crippen LogP contribution in [0.4, 0.5) is 0 Å². The zero-order valence-electron chi connectivity index (χ0n) is 8.55. The van der Waals surface area contributed by atoms with Gasteiger partial charge < -0.3 is 10.4 Å². The van der Waals surface area contributed by atoms with Gasteiger partial charge in [-0.25, -0.2) is 0 Å². The molecule has 1 aromatic rings. The molecule has 0 bridgehead atoms. The van der Waals surface area contributed by atoms with Gasteiger partial charge in [0.25, 0.3) is 0 Å². The van der Waals surface area contributed by atoms with Gasteiger partial charge in [0.2, 0.25) is 0 Å². The number of hydrogen-bond donors (Lipinski definition) is 2. The fraction of sp³-hybridized carbons (Fsp3) is 0.636. The van der Waals surface area contributed by atoms with Crippen LogP contribution in [0.15, 0.2) is 12.1 Å². The fourth-order valence-corrected chi connectivity index (χ4v) is 3.14. The molecule has 2 rings (SSSR count). The normalized spacial score (nSPS) is 27.9. The molecule has 1 aliphatic heterocycles. The Balaban J connectivity index is 2.26. The van der Waals surface area contributed by atoms with Crippen molar-refractivity contribution in [3.8, 4) is 0 Å². The van der Waals surface area contributed by atoms with Crippen molar-refractivity contribution in [1.82, 2.24) is 5.32 Å². The number of rotatable bonds is 2. The second kappa shape index (κ2) is 4.01. The summed E-state index contributed by atoms with van der Waals surface area (Å²) < 4.78 is 0. The summed E-state index contributed by atoms with van der Waals surface area (Å²) in [5, 5.41) is 13.0. The monoisotopic (exact) mass is 211 g/mol. The van der Waals surface area contributed by atoms with Crippen LogP contribution in [-0.2, 0) is 5.54 Å². The Kier molecular flexibility index (Phi) is 2.91. The van der Waals surface area contributed by atoms with Gasteiger partial charge in [-0.05, 0) is 44.9 Å². The maximum atomic E-state index is 9.55. The maximum absolute atomic E-state index is 9.55. The van der Waals surface area contributed by atoms with Gasteiger partial charge in [0, 0.05) is 9.75 Å². The number of aliphatic hydroxyl groups is 1. The van der Waals surface area contributed by atoms with Crippen LogP contribution in [0.3, 0.4) is 0 Å². The fourth-order valence-electron chi connectivity index (χ4n) is 2.08. The van der Waals surface area contributed by atoms with Crippen molar-refractivity contribution in [2.24, 2.45) is 0 Å². The van der Waals surface area contributed by atoms with Crippen LogP contribution >= 0.6 is 11.3 Å². The molecule has 1 unspecified atom stereocenters. The molecule has 0 radical (unpaired) electrons. The smallest absolute Gasteiger partial charge is 0.0762 e. The van der Waals surface area contributed by atoms with Crippen LogP contribution in [-0.4, -0.2) is 18.3 Å². The molecule has 1 fully saturated rings. The summed E-state index contributed by atoms with van der Waals surface area (Å²) in [6.07, 6.45) is 3.50. The second-order valence-electron chi connectivity index (χ2n) is 4.03. The second-order valence-corrected chi connectivity index (χ2v) is 5.32. The zero-order valence-corrected chi connectivity index (χ0v) is 9.36. The first kappa shape index (κ1) is 10.1. The van der Waals surface area contributed by atoms with Gasteiger partial charge in [-0.3, -0.25) is 0 Å². The zero-order chi connectivity index (χ0) is 10.0. The Hall–Kier alpha value is -0.380. The van der Waals surface area contributed by atoms with Crippen molar-refractivity contribution >= 4 is 11.3 Å². The van der Waals surface area contributed by atoms with E-state index in [9.17, 15) is 5.11 Å². The molecule has 0 amide bonds. The molecule has 1 saturated heterocycles. The average molecular weight is 211 g/mol. The number of nitrogens with one attached hydrogen (secondary N) is 1. The average Bonchev–Trinajstić information content (AvgIpc) is 2.66. The van der Waals surface area contributed by atoms with Crippen molar-refractivity contribution in [3.05, 3.63) is 21.9 Å². The summed E-state index contributed by atoms with van der Waals surface area (Å²) >= 11 is 1.80. The lowest BCUT2D eigenvalue weighted by atomic mass is 9.88. The highest BCUT2D eigenvalue weighted by Crippen LogP contribution is 2.34. The summed E-state index contributed by atoms with van der Waals surface area (Å²) in [4.78, 5) is 2.61. The third kappa shape index (κ3) is 1.72. The molecule has 14 heavy (non-hydrogen) atoms. The number of thiophene rings is 1. The van der Waals surface area contributed by atoms with Crippen LogP contribution in [0, 0.1) is 6.92 Å². The maximum Gasteiger partial charge on any atom is 0.0762 e. The molecule has 2 nitrogen and oxygen atoms in total. The molecular formula is C11H17NOS. The quantitative estimate of drug-likeness (QED) is 0.784. The molecule has 3 heteroatoms. The largest absolute Gasteiger partial charge is 0.394 e. The third-order valence-corrected chi connectivity index (χ3v) is 4.18. The Morgan fingerprint density at radius 2 is 2.36 bits per heavy atom. The minimum absolute atomic E-state index is 0.142. The standard InChI is InChI=1S/C11H17NOS/c1-9-4-5-10(14-9)11(8-13)6-2-3-7-12-11/h4-5,12-13H,2-3,6-8H2,1H3. The first-order chi connectivity index (χ1) is 6.77. The molecule has 1 aromatic heterocycles. The van der Waals surface area contributed by atoms with Crippen molar-refractivity contribution in [2.45, 2.75) is 31.7 Å². The molecule has 0 spiro atoms. The molecule has 0 aromatic carbocycles. The van der Waals surface area contributed by atoms with E-state index in [0.29, 0.717) is 0 Å². The lowest BCUT2D eigenvalue weighted by molar-refractivity contribution is 0.134. The van der Waals surface area contributed by atoms with E-state index in [1.165, 1.54) is 22.6 Å². The summed E-state index contributed by atoms with van der Waals surface area (Å²) in [7, 11) is 0. The van der Waals surface area contributed by atoms with Crippen LogP contribution < -0.4 is 5.32 Å². The van der Waals surface area contributed by atoms with Gasteiger partial charge in [-0.15, -0.1) is 11.3 Å². The van der Waals surface area contributed by atoms with Crippen LogP contribution in [0.5, 0.6) is 0 Å². The van der Waals surface area contributed by atoms with Gasteiger partial charge in [0.15, 0.2) is 0 Å². The van der Waals surface area contributed by atoms with Crippen LogP contribution in [0.1, 0.15) is 29.0 Å². The molecule has 2 N–H and O–H groups in total. The minimum atomic E-state index is -0.142. The molecule has 0 aliphatic carbocycles. The third-order valence-electron chi connectivity index (χ3n) is 2.98. The van der Waals surface area contributed by atoms with Gasteiger partial charge in [-0.1, -0.05) is 0 Å². The highest BCUT2D eigenvalue weighted by atomic mass is 32.1. The van der Waals surface area contributed by atoms with Crippen molar-refractivity contribution in [2.75, 3.05) is 13.2 Å². The highest BCUT2D eigenvalue weighted by molar-refractivity contribution is 7.12. The van der Waals surface area contributed by atoms with E-state index in [4.69, 9.17) is 0 Å². The van der Waals surface area contributed by atoms with E-state index >= 15 is 0 Å². The summed E-state index contributed by atoms with van der Waals surface area (Å²) in [6, 6.07) is 4.28. The van der Waals surface area contributed by atoms with Crippen molar-refractivity contribution in [1.29, 1.82) is 0 Å². The molecule has 1 atom stereocenters. The number of aliphatic hydroxyl groups excluding tert-OH is 1. The van der Waals surface area contributed by atoms with Crippen LogP contribution in [0.25, 0.3) is 0 Å². The SMILES string of the molecule is Cc1ccc(C2(CO)CCCCN2)s1. The number of piperidine rings is 1. The van der Waals surface area contributed by atoms with E-state index in [1.54, 1.807) is 11.3 Å². The van der Waals surface area contributed by atoms with Crippen LogP contribution in [0.2, 0.25) is 0 Å². The van der Waals surface area contributed by atoms with Crippen molar-refractivity contribution in [3.63, 3.8) is 0 Å². The lowest BCUT2D eigenvalue weighted by Gasteiger charge is -2.36. The molecule has 1 aliphatic rings. The number of aryl methyl sites for hydroxylation is 1. The van der Waals surface area contributed by atoms with Crippen molar-refractivity contribution < 1.29 is 5.11 Å². The summed E-state index contributed by atoms with van der Waals surface area (Å²) in [5.41, 5.74) is -0.142. The summed E-state index contributed by atoms with van der Waals surface area (Å²) in [6.45, 7) is 3.35. The molecule has 78 valence electrons. The predicted octanol–water partition coefficient (Wildman–Crippen LogP) is 2.02. The van der Waals surface area contributed by atoms with E-state index in [1.807, 2.05) is 0 Å². The molecule has 0 saturated carbocycles. The number of hydrogen-bond acceptors (Lipinski definition) is 3. The van der Waals surface area contributed by atoms with Gasteiger partial charge in [-0.2, -0.15) is 0 Å². The lowest BCUT2D eigenvalue weighted by Crippen LogP contribution is -2.48. The molecule has 2 heterocycles. The molecular weight excluding hydrogens is 194 g/mol. The Labute approximate surface area is 89.0 Å². The minimum Gasteiger partial charge on any atom is -0.394 e. The first-order valence-corrected chi connectivity index (χ1v) is 6.01. The van der Waals surface area contributed by atoms with E-state index in [0.717, 1.165) is 13.0 Å². The van der Waals surface area contributed by atoms with Gasteiger partial charge >= 0.3 is 0 Å². The van der Waals surface area contributed by atoms with E-state index in [-0.39, 0.29) is 12.1 Å². The van der Waals surface area contributed by atoms with Gasteiger partial charge in [0.05, 0.1) is 12.1 Å². The Morgan fingerprint density at radius 1 is 1.50 bits per heavy atom.